The Hall–Kier alpha value is -3.86. The van der Waals surface area contributed by atoms with Crippen LogP contribution in [0.25, 0.3) is 5.57 Å². The van der Waals surface area contributed by atoms with Crippen molar-refractivity contribution >= 4 is 28.8 Å². The lowest BCUT2D eigenvalue weighted by Gasteiger charge is -2.19. The van der Waals surface area contributed by atoms with E-state index in [4.69, 9.17) is 4.74 Å². The van der Waals surface area contributed by atoms with Gasteiger partial charge in [-0.05, 0) is 48.2 Å². The van der Waals surface area contributed by atoms with Crippen LogP contribution in [0.2, 0.25) is 0 Å². The first-order valence-corrected chi connectivity index (χ1v) is 10.8. The average molecular weight is 427 g/mol. The SMILES string of the molecule is CCOc1ccccc1N1C(=O)C(Nc2ccc(C(C)C)cc2)=C(c2ccccc2)C1=O. The number of amides is 2. The lowest BCUT2D eigenvalue weighted by atomic mass is 10.0. The van der Waals surface area contributed by atoms with Crippen molar-refractivity contribution in [3.63, 3.8) is 0 Å². The highest BCUT2D eigenvalue weighted by atomic mass is 16.5. The third-order valence-corrected chi connectivity index (χ3v) is 5.40. The number of hydrogen-bond donors (Lipinski definition) is 1. The first-order valence-electron chi connectivity index (χ1n) is 10.8. The zero-order chi connectivity index (χ0) is 22.7. The van der Waals surface area contributed by atoms with Gasteiger partial charge < -0.3 is 10.1 Å². The molecule has 1 N–H and O–H groups in total. The highest BCUT2D eigenvalue weighted by molar-refractivity contribution is 6.46. The van der Waals surface area contributed by atoms with Crippen LogP contribution in [0.4, 0.5) is 11.4 Å². The second kappa shape index (κ2) is 9.10. The Morgan fingerprint density at radius 1 is 0.844 bits per heavy atom. The van der Waals surface area contributed by atoms with Crippen molar-refractivity contribution in [2.75, 3.05) is 16.8 Å². The maximum absolute atomic E-state index is 13.6. The minimum absolute atomic E-state index is 0.254. The lowest BCUT2D eigenvalue weighted by molar-refractivity contribution is -0.120. The number of hydrogen-bond acceptors (Lipinski definition) is 4. The lowest BCUT2D eigenvalue weighted by Crippen LogP contribution is -2.32. The molecule has 0 radical (unpaired) electrons. The summed E-state index contributed by atoms with van der Waals surface area (Å²) in [6.07, 6.45) is 0. The van der Waals surface area contributed by atoms with Gasteiger partial charge in [0, 0.05) is 5.69 Å². The number of carbonyl (C=O) groups excluding carboxylic acids is 2. The van der Waals surface area contributed by atoms with Crippen molar-refractivity contribution in [2.45, 2.75) is 26.7 Å². The van der Waals surface area contributed by atoms with Crippen LogP contribution in [0, 0.1) is 0 Å². The van der Waals surface area contributed by atoms with Crippen LogP contribution in [0.5, 0.6) is 5.75 Å². The average Bonchev–Trinajstić information content (AvgIpc) is 3.04. The fraction of sp³-hybridized carbons (Fsp3) is 0.185. The molecule has 5 nitrogen and oxygen atoms in total. The molecule has 0 aromatic heterocycles. The van der Waals surface area contributed by atoms with Gasteiger partial charge in [0.2, 0.25) is 0 Å². The first kappa shape index (κ1) is 21.4. The maximum atomic E-state index is 13.6. The summed E-state index contributed by atoms with van der Waals surface area (Å²) in [5.74, 6) is 0.110. The quantitative estimate of drug-likeness (QED) is 0.499. The Balaban J connectivity index is 1.78. The van der Waals surface area contributed by atoms with Crippen molar-refractivity contribution in [1.29, 1.82) is 0 Å². The number of rotatable bonds is 7. The molecule has 1 aliphatic rings. The zero-order valence-corrected chi connectivity index (χ0v) is 18.5. The van der Waals surface area contributed by atoms with Crippen LogP contribution in [-0.2, 0) is 9.59 Å². The monoisotopic (exact) mass is 426 g/mol. The Bertz CT molecular complexity index is 1170. The Morgan fingerprint density at radius 2 is 1.50 bits per heavy atom. The number of para-hydroxylation sites is 2. The van der Waals surface area contributed by atoms with Crippen LogP contribution in [0.15, 0.2) is 84.6 Å². The van der Waals surface area contributed by atoms with E-state index in [0.29, 0.717) is 35.1 Å². The van der Waals surface area contributed by atoms with Crippen LogP contribution < -0.4 is 15.0 Å². The van der Waals surface area contributed by atoms with Crippen molar-refractivity contribution in [1.82, 2.24) is 0 Å². The molecule has 3 aromatic carbocycles. The molecule has 3 aromatic rings. The molecule has 162 valence electrons. The third kappa shape index (κ3) is 4.02. The van der Waals surface area contributed by atoms with Gasteiger partial charge in [0.1, 0.15) is 11.4 Å². The topological polar surface area (TPSA) is 58.6 Å². The van der Waals surface area contributed by atoms with Crippen molar-refractivity contribution in [2.24, 2.45) is 0 Å². The molecular formula is C27H26N2O3. The molecule has 0 saturated carbocycles. The van der Waals surface area contributed by atoms with Crippen molar-refractivity contribution < 1.29 is 14.3 Å². The van der Waals surface area contributed by atoms with E-state index in [9.17, 15) is 9.59 Å². The highest BCUT2D eigenvalue weighted by Gasteiger charge is 2.41. The summed E-state index contributed by atoms with van der Waals surface area (Å²) in [5.41, 5.74) is 3.67. The van der Waals surface area contributed by atoms with Gasteiger partial charge in [-0.1, -0.05) is 68.4 Å². The van der Waals surface area contributed by atoms with E-state index in [0.717, 1.165) is 5.69 Å². The van der Waals surface area contributed by atoms with Gasteiger partial charge >= 0.3 is 0 Å². The van der Waals surface area contributed by atoms with E-state index in [2.05, 4.69) is 19.2 Å². The number of nitrogens with zero attached hydrogens (tertiary/aromatic N) is 1. The summed E-state index contributed by atoms with van der Waals surface area (Å²) < 4.78 is 5.69. The fourth-order valence-corrected chi connectivity index (χ4v) is 3.75. The van der Waals surface area contributed by atoms with E-state index < -0.39 is 5.91 Å². The van der Waals surface area contributed by atoms with Gasteiger partial charge in [0.15, 0.2) is 0 Å². The minimum atomic E-state index is -0.408. The van der Waals surface area contributed by atoms with E-state index in [1.54, 1.807) is 18.2 Å². The molecule has 0 aliphatic carbocycles. The summed E-state index contributed by atoms with van der Waals surface area (Å²) in [5, 5.41) is 3.21. The molecule has 4 rings (SSSR count). The normalized spacial score (nSPS) is 13.8. The molecule has 0 fully saturated rings. The molecule has 2 amide bonds. The Kier molecular flexibility index (Phi) is 6.08. The zero-order valence-electron chi connectivity index (χ0n) is 18.5. The molecule has 1 aliphatic heterocycles. The molecule has 0 saturated heterocycles. The molecule has 32 heavy (non-hydrogen) atoms. The number of benzene rings is 3. The summed E-state index contributed by atoms with van der Waals surface area (Å²) in [6, 6.07) is 24.3. The number of ether oxygens (including phenoxy) is 1. The molecule has 1 heterocycles. The molecule has 0 atom stereocenters. The fourth-order valence-electron chi connectivity index (χ4n) is 3.75. The second-order valence-electron chi connectivity index (χ2n) is 7.86. The van der Waals surface area contributed by atoms with E-state index >= 15 is 0 Å². The van der Waals surface area contributed by atoms with E-state index in [-0.39, 0.29) is 11.6 Å². The van der Waals surface area contributed by atoms with Crippen LogP contribution in [0.3, 0.4) is 0 Å². The minimum Gasteiger partial charge on any atom is -0.492 e. The van der Waals surface area contributed by atoms with Gasteiger partial charge in [-0.2, -0.15) is 0 Å². The summed E-state index contributed by atoms with van der Waals surface area (Å²) in [4.78, 5) is 28.3. The number of imide groups is 1. The van der Waals surface area contributed by atoms with Crippen molar-refractivity contribution in [3.05, 3.63) is 95.7 Å². The van der Waals surface area contributed by atoms with E-state index in [1.165, 1.54) is 10.5 Å². The number of carbonyl (C=O) groups is 2. The van der Waals surface area contributed by atoms with Gasteiger partial charge in [-0.15, -0.1) is 0 Å². The summed E-state index contributed by atoms with van der Waals surface area (Å²) in [6.45, 7) is 6.56. The predicted octanol–water partition coefficient (Wildman–Crippen LogP) is 5.61. The molecular weight excluding hydrogens is 400 g/mol. The van der Waals surface area contributed by atoms with Crippen LogP contribution in [-0.4, -0.2) is 18.4 Å². The van der Waals surface area contributed by atoms with Gasteiger partial charge in [0.05, 0.1) is 17.9 Å². The van der Waals surface area contributed by atoms with Crippen molar-refractivity contribution in [3.8, 4) is 5.75 Å². The van der Waals surface area contributed by atoms with Gasteiger partial charge in [-0.25, -0.2) is 4.90 Å². The highest BCUT2D eigenvalue weighted by Crippen LogP contribution is 2.37. The summed E-state index contributed by atoms with van der Waals surface area (Å²) in [7, 11) is 0. The number of nitrogens with one attached hydrogen (secondary N) is 1. The smallest absolute Gasteiger partial charge is 0.282 e. The van der Waals surface area contributed by atoms with Gasteiger partial charge in [-0.3, -0.25) is 9.59 Å². The molecule has 0 unspecified atom stereocenters. The first-order chi connectivity index (χ1) is 15.5. The summed E-state index contributed by atoms with van der Waals surface area (Å²) >= 11 is 0. The largest absolute Gasteiger partial charge is 0.492 e. The van der Waals surface area contributed by atoms with Crippen LogP contribution in [0.1, 0.15) is 37.8 Å². The Labute approximate surface area is 188 Å². The standard InChI is InChI=1S/C27H26N2O3/c1-4-32-23-13-9-8-12-22(23)29-26(30)24(20-10-6-5-7-11-20)25(27(29)31)28-21-16-14-19(15-17-21)18(2)3/h5-18,28H,4H2,1-3H3. The van der Waals surface area contributed by atoms with E-state index in [1.807, 2.05) is 67.6 Å². The molecule has 0 spiro atoms. The Morgan fingerprint density at radius 3 is 2.16 bits per heavy atom. The molecule has 5 heteroatoms. The number of anilines is 2. The third-order valence-electron chi connectivity index (χ3n) is 5.40. The predicted molar refractivity (Wildman–Crippen MR) is 128 cm³/mol. The van der Waals surface area contributed by atoms with Gasteiger partial charge in [0.25, 0.3) is 11.8 Å². The second-order valence-corrected chi connectivity index (χ2v) is 7.86. The van der Waals surface area contributed by atoms with Crippen LogP contribution >= 0.6 is 0 Å². The molecule has 0 bridgehead atoms. The maximum Gasteiger partial charge on any atom is 0.282 e.